The van der Waals surface area contributed by atoms with E-state index in [1.54, 1.807) is 43.2 Å². The lowest BCUT2D eigenvalue weighted by Gasteiger charge is -2.20. The number of esters is 1. The van der Waals surface area contributed by atoms with Gasteiger partial charge in [-0.05, 0) is 57.9 Å². The van der Waals surface area contributed by atoms with Crippen LogP contribution in [0.3, 0.4) is 0 Å². The Morgan fingerprint density at radius 1 is 1.14 bits per heavy atom. The van der Waals surface area contributed by atoms with E-state index in [2.05, 4.69) is 0 Å². The molecule has 0 spiro atoms. The zero-order valence-electron chi connectivity index (χ0n) is 16.6. The first-order chi connectivity index (χ1) is 13.3. The van der Waals surface area contributed by atoms with Crippen LogP contribution in [0.1, 0.15) is 41.5 Å². The normalized spacial score (nSPS) is 14.8. The zero-order chi connectivity index (χ0) is 20.4. The number of ether oxygens (including phenoxy) is 2. The van der Waals surface area contributed by atoms with Crippen LogP contribution in [0.2, 0.25) is 5.02 Å². The summed E-state index contributed by atoms with van der Waals surface area (Å²) < 4.78 is 12.8. The van der Waals surface area contributed by atoms with Crippen molar-refractivity contribution < 1.29 is 19.1 Å². The van der Waals surface area contributed by atoms with Gasteiger partial charge in [0.1, 0.15) is 5.75 Å². The Morgan fingerprint density at radius 2 is 1.82 bits per heavy atom. The second kappa shape index (κ2) is 8.27. The number of benzene rings is 1. The zero-order valence-corrected chi connectivity index (χ0v) is 17.4. The monoisotopic (exact) mass is 404 g/mol. The Balaban J connectivity index is 1.86. The summed E-state index contributed by atoms with van der Waals surface area (Å²) in [4.78, 5) is 26.9. The summed E-state index contributed by atoms with van der Waals surface area (Å²) in [6.07, 6.45) is 1.18. The number of hydrogen-bond acceptors (Lipinski definition) is 4. The van der Waals surface area contributed by atoms with Gasteiger partial charge in [-0.25, -0.2) is 4.79 Å². The summed E-state index contributed by atoms with van der Waals surface area (Å²) in [5, 5.41) is 0.567. The minimum absolute atomic E-state index is 0.142. The molecule has 1 fully saturated rings. The Labute approximate surface area is 170 Å². The Bertz CT molecular complexity index is 900. The molecule has 3 rings (SSSR count). The van der Waals surface area contributed by atoms with Gasteiger partial charge in [0, 0.05) is 29.5 Å². The number of aryl methyl sites for hydroxylation is 1. The first-order valence-corrected chi connectivity index (χ1v) is 9.74. The van der Waals surface area contributed by atoms with Crippen molar-refractivity contribution in [3.63, 3.8) is 0 Å². The van der Waals surface area contributed by atoms with Crippen molar-refractivity contribution in [1.29, 1.82) is 0 Å². The van der Waals surface area contributed by atoms with E-state index in [0.29, 0.717) is 22.0 Å². The number of aromatic nitrogens is 1. The van der Waals surface area contributed by atoms with Crippen molar-refractivity contribution in [2.24, 2.45) is 0 Å². The van der Waals surface area contributed by atoms with Gasteiger partial charge in [-0.2, -0.15) is 0 Å². The topological polar surface area (TPSA) is 60.8 Å². The number of hydrogen-bond donors (Lipinski definition) is 0. The maximum absolute atomic E-state index is 12.7. The molecule has 2 heterocycles. The van der Waals surface area contributed by atoms with E-state index in [9.17, 15) is 9.59 Å². The summed E-state index contributed by atoms with van der Waals surface area (Å²) in [6, 6.07) is 7.07. The van der Waals surface area contributed by atoms with Crippen molar-refractivity contribution in [3.05, 3.63) is 46.2 Å². The molecule has 0 N–H and O–H groups in total. The lowest BCUT2D eigenvalue weighted by atomic mass is 10.2. The van der Waals surface area contributed by atoms with E-state index < -0.39 is 12.1 Å². The summed E-state index contributed by atoms with van der Waals surface area (Å²) in [6.45, 7) is 6.80. The highest BCUT2D eigenvalue weighted by Gasteiger charge is 2.28. The fourth-order valence-electron chi connectivity index (χ4n) is 3.65. The third-order valence-electron chi connectivity index (χ3n) is 5.08. The average Bonchev–Trinajstić information content (AvgIpc) is 3.29. The van der Waals surface area contributed by atoms with Crippen LogP contribution in [-0.2, 0) is 9.53 Å². The van der Waals surface area contributed by atoms with Crippen LogP contribution >= 0.6 is 11.6 Å². The van der Waals surface area contributed by atoms with E-state index in [1.165, 1.54) is 0 Å². The van der Waals surface area contributed by atoms with Crippen molar-refractivity contribution in [1.82, 2.24) is 9.47 Å². The predicted molar refractivity (Wildman–Crippen MR) is 107 cm³/mol. The Hall–Kier alpha value is -2.47. The van der Waals surface area contributed by atoms with Gasteiger partial charge >= 0.3 is 5.97 Å². The number of amides is 1. The van der Waals surface area contributed by atoms with Crippen molar-refractivity contribution in [2.75, 3.05) is 20.2 Å². The highest BCUT2D eigenvalue weighted by atomic mass is 35.5. The SMILES string of the molecule is COc1ccc(Cl)cc1-n1c(C)cc(C(=O)O[C@@H](C)C(=O)N2CCCC2)c1C. The maximum atomic E-state index is 12.7. The van der Waals surface area contributed by atoms with Crippen molar-refractivity contribution in [2.45, 2.75) is 39.7 Å². The second-order valence-corrected chi connectivity index (χ2v) is 7.45. The van der Waals surface area contributed by atoms with Crippen LogP contribution in [0, 0.1) is 13.8 Å². The van der Waals surface area contributed by atoms with Crippen LogP contribution < -0.4 is 4.74 Å². The summed E-state index contributed by atoms with van der Waals surface area (Å²) in [5.41, 5.74) is 2.69. The first-order valence-electron chi connectivity index (χ1n) is 9.36. The van der Waals surface area contributed by atoms with E-state index in [0.717, 1.165) is 37.3 Å². The molecule has 0 saturated carbocycles. The van der Waals surface area contributed by atoms with E-state index in [-0.39, 0.29) is 5.91 Å². The number of nitrogens with zero attached hydrogens (tertiary/aromatic N) is 2. The Morgan fingerprint density at radius 3 is 2.46 bits per heavy atom. The largest absolute Gasteiger partial charge is 0.495 e. The molecule has 2 aromatic rings. The van der Waals surface area contributed by atoms with Gasteiger partial charge in [-0.3, -0.25) is 4.79 Å². The molecule has 7 heteroatoms. The molecule has 0 radical (unpaired) electrons. The van der Waals surface area contributed by atoms with Crippen LogP contribution in [-0.4, -0.2) is 47.6 Å². The molecular weight excluding hydrogens is 380 g/mol. The number of halogens is 1. The van der Waals surface area contributed by atoms with Gasteiger partial charge < -0.3 is 18.9 Å². The van der Waals surface area contributed by atoms with Crippen molar-refractivity contribution in [3.8, 4) is 11.4 Å². The van der Waals surface area contributed by atoms with Crippen LogP contribution in [0.15, 0.2) is 24.3 Å². The molecule has 0 aliphatic carbocycles. The van der Waals surface area contributed by atoms with Gasteiger partial charge in [0.05, 0.1) is 18.4 Å². The van der Waals surface area contributed by atoms with Gasteiger partial charge in [0.25, 0.3) is 5.91 Å². The van der Waals surface area contributed by atoms with Gasteiger partial charge in [-0.15, -0.1) is 0 Å². The number of likely N-dealkylation sites (tertiary alicyclic amines) is 1. The molecule has 1 amide bonds. The van der Waals surface area contributed by atoms with Crippen LogP contribution in [0.4, 0.5) is 0 Å². The lowest BCUT2D eigenvalue weighted by Crippen LogP contribution is -2.38. The molecule has 0 unspecified atom stereocenters. The summed E-state index contributed by atoms with van der Waals surface area (Å²) in [7, 11) is 1.59. The number of rotatable bonds is 5. The predicted octanol–water partition coefficient (Wildman–Crippen LogP) is 3.92. The van der Waals surface area contributed by atoms with Gasteiger partial charge in [-0.1, -0.05) is 11.6 Å². The standard InChI is InChI=1S/C21H25ClN2O4/c1-13-11-17(21(26)28-15(3)20(25)23-9-5-6-10-23)14(2)24(13)18-12-16(22)7-8-19(18)27-4/h7-8,11-12,15H,5-6,9-10H2,1-4H3/t15-/m0/s1. The second-order valence-electron chi connectivity index (χ2n) is 7.02. The van der Waals surface area contributed by atoms with Gasteiger partial charge in [0.2, 0.25) is 0 Å². The first kappa shape index (κ1) is 20.3. The molecule has 28 heavy (non-hydrogen) atoms. The highest BCUT2D eigenvalue weighted by molar-refractivity contribution is 6.30. The maximum Gasteiger partial charge on any atom is 0.340 e. The third-order valence-corrected chi connectivity index (χ3v) is 5.32. The third kappa shape index (κ3) is 3.87. The molecule has 1 atom stereocenters. The average molecular weight is 405 g/mol. The molecule has 6 nitrogen and oxygen atoms in total. The molecule has 0 bridgehead atoms. The number of methoxy groups -OCH3 is 1. The number of carbonyl (C=O) groups excluding carboxylic acids is 2. The van der Waals surface area contributed by atoms with Crippen LogP contribution in [0.25, 0.3) is 5.69 Å². The molecule has 1 aromatic carbocycles. The fraction of sp³-hybridized carbons (Fsp3) is 0.429. The molecule has 1 aliphatic rings. The fourth-order valence-corrected chi connectivity index (χ4v) is 3.81. The molecule has 1 aromatic heterocycles. The van der Waals surface area contributed by atoms with Gasteiger partial charge in [0.15, 0.2) is 6.10 Å². The summed E-state index contributed by atoms with van der Waals surface area (Å²) >= 11 is 6.16. The van der Waals surface area contributed by atoms with E-state index >= 15 is 0 Å². The molecule has 150 valence electrons. The van der Waals surface area contributed by atoms with E-state index in [4.69, 9.17) is 21.1 Å². The highest BCUT2D eigenvalue weighted by Crippen LogP contribution is 2.31. The lowest BCUT2D eigenvalue weighted by molar-refractivity contribution is -0.138. The quantitative estimate of drug-likeness (QED) is 0.708. The minimum Gasteiger partial charge on any atom is -0.495 e. The van der Waals surface area contributed by atoms with E-state index in [1.807, 2.05) is 18.4 Å². The Kier molecular flexibility index (Phi) is 5.98. The molecule has 1 aliphatic heterocycles. The molecular formula is C21H25ClN2O4. The number of carbonyl (C=O) groups is 2. The molecule has 1 saturated heterocycles. The smallest absolute Gasteiger partial charge is 0.340 e. The summed E-state index contributed by atoms with van der Waals surface area (Å²) in [5.74, 6) is -0.0137. The van der Waals surface area contributed by atoms with Crippen LogP contribution in [0.5, 0.6) is 5.75 Å². The van der Waals surface area contributed by atoms with Crippen molar-refractivity contribution >= 4 is 23.5 Å². The minimum atomic E-state index is -0.811.